The number of nitrogens with one attached hydrogen (secondary N) is 1. The first-order valence-electron chi connectivity index (χ1n) is 11.2. The molecule has 0 atom stereocenters. The van der Waals surface area contributed by atoms with Crippen molar-refractivity contribution >= 4 is 23.5 Å². The average molecular weight is 464 g/mol. The Morgan fingerprint density at radius 1 is 1.03 bits per heavy atom. The molecule has 1 aliphatic heterocycles. The van der Waals surface area contributed by atoms with E-state index in [1.807, 2.05) is 39.0 Å². The van der Waals surface area contributed by atoms with Gasteiger partial charge >= 0.3 is 6.09 Å². The molecule has 0 radical (unpaired) electrons. The van der Waals surface area contributed by atoms with Gasteiger partial charge in [0, 0.05) is 31.7 Å². The van der Waals surface area contributed by atoms with Gasteiger partial charge in [0.2, 0.25) is 0 Å². The smallest absolute Gasteiger partial charge is 0.410 e. The lowest BCUT2D eigenvalue weighted by molar-refractivity contribution is 0.0240. The number of hydrogen-bond donors (Lipinski definition) is 1. The molecule has 34 heavy (non-hydrogen) atoms. The lowest BCUT2D eigenvalue weighted by Gasteiger charge is -2.36. The predicted octanol–water partition coefficient (Wildman–Crippen LogP) is 3.03. The molecule has 2 aromatic heterocycles. The Labute approximate surface area is 198 Å². The molecule has 1 saturated heterocycles. The third-order valence-corrected chi connectivity index (χ3v) is 5.31. The van der Waals surface area contributed by atoms with Crippen LogP contribution in [0.2, 0.25) is 0 Å². The van der Waals surface area contributed by atoms with Crippen LogP contribution in [0.25, 0.3) is 0 Å². The zero-order chi connectivity index (χ0) is 24.1. The van der Waals surface area contributed by atoms with Gasteiger partial charge in [0.1, 0.15) is 24.1 Å². The normalized spacial score (nSPS) is 14.1. The highest BCUT2D eigenvalue weighted by Gasteiger charge is 2.26. The zero-order valence-electron chi connectivity index (χ0n) is 19.6. The fourth-order valence-electron chi connectivity index (χ4n) is 3.57. The van der Waals surface area contributed by atoms with E-state index in [1.54, 1.807) is 40.3 Å². The molecule has 1 aromatic carbocycles. The Balaban J connectivity index is 1.28. The minimum absolute atomic E-state index is 0.224. The fourth-order valence-corrected chi connectivity index (χ4v) is 3.57. The second kappa shape index (κ2) is 9.90. The number of pyridine rings is 1. The molecule has 178 valence electrons. The van der Waals surface area contributed by atoms with Crippen LogP contribution in [0.3, 0.4) is 0 Å². The lowest BCUT2D eigenvalue weighted by Crippen LogP contribution is -2.50. The summed E-state index contributed by atoms with van der Waals surface area (Å²) >= 11 is 0. The first-order valence-corrected chi connectivity index (χ1v) is 11.2. The van der Waals surface area contributed by atoms with Gasteiger partial charge in [0.05, 0.1) is 18.4 Å². The molecule has 2 amide bonds. The molecule has 1 N–H and O–H groups in total. The molecule has 4 rings (SSSR count). The lowest BCUT2D eigenvalue weighted by atomic mass is 10.1. The summed E-state index contributed by atoms with van der Waals surface area (Å²) in [6.45, 7) is 8.73. The fraction of sp³-hybridized carbons (Fsp3) is 0.375. The number of rotatable bonds is 5. The Kier molecular flexibility index (Phi) is 6.76. The Morgan fingerprint density at radius 2 is 1.76 bits per heavy atom. The number of carbonyl (C=O) groups excluding carboxylic acids is 2. The SMILES string of the molecule is CC(C)(C)OC(=O)N1CCN(c2ccc(NC(=O)c3ccc(Cn4cncn4)cc3)nc2)CC1. The van der Waals surface area contributed by atoms with Crippen molar-refractivity contribution in [3.63, 3.8) is 0 Å². The number of hydrogen-bond acceptors (Lipinski definition) is 7. The van der Waals surface area contributed by atoms with Crippen molar-refractivity contribution in [2.45, 2.75) is 32.9 Å². The minimum Gasteiger partial charge on any atom is -0.444 e. The van der Waals surface area contributed by atoms with E-state index in [-0.39, 0.29) is 12.0 Å². The van der Waals surface area contributed by atoms with Crippen molar-refractivity contribution in [3.05, 3.63) is 66.4 Å². The quantitative estimate of drug-likeness (QED) is 0.620. The van der Waals surface area contributed by atoms with E-state index in [0.29, 0.717) is 44.1 Å². The van der Waals surface area contributed by atoms with Crippen molar-refractivity contribution in [1.82, 2.24) is 24.6 Å². The van der Waals surface area contributed by atoms with Gasteiger partial charge in [-0.05, 0) is 50.6 Å². The van der Waals surface area contributed by atoms with Crippen LogP contribution in [0.15, 0.2) is 55.2 Å². The number of amides is 2. The maximum absolute atomic E-state index is 12.6. The summed E-state index contributed by atoms with van der Waals surface area (Å²) < 4.78 is 7.17. The second-order valence-electron chi connectivity index (χ2n) is 9.10. The van der Waals surface area contributed by atoms with Gasteiger partial charge in [-0.3, -0.25) is 4.79 Å². The van der Waals surface area contributed by atoms with Crippen molar-refractivity contribution in [1.29, 1.82) is 0 Å². The van der Waals surface area contributed by atoms with Crippen LogP contribution in [-0.4, -0.2) is 68.4 Å². The number of piperazine rings is 1. The van der Waals surface area contributed by atoms with Crippen molar-refractivity contribution in [2.24, 2.45) is 0 Å². The Bertz CT molecular complexity index is 1100. The monoisotopic (exact) mass is 463 g/mol. The first kappa shape index (κ1) is 23.2. The van der Waals surface area contributed by atoms with Gasteiger partial charge in [-0.2, -0.15) is 5.10 Å². The van der Waals surface area contributed by atoms with Gasteiger partial charge in [-0.25, -0.2) is 19.4 Å². The topological polar surface area (TPSA) is 105 Å². The Hall–Kier alpha value is -3.95. The summed E-state index contributed by atoms with van der Waals surface area (Å²) in [5.74, 6) is 0.256. The number of benzene rings is 1. The van der Waals surface area contributed by atoms with Gasteiger partial charge in [0.25, 0.3) is 5.91 Å². The highest BCUT2D eigenvalue weighted by molar-refractivity contribution is 6.03. The number of aromatic nitrogens is 4. The van der Waals surface area contributed by atoms with Gasteiger partial charge in [0.15, 0.2) is 0 Å². The molecular formula is C24H29N7O3. The van der Waals surface area contributed by atoms with E-state index in [9.17, 15) is 9.59 Å². The van der Waals surface area contributed by atoms with Crippen LogP contribution in [0.4, 0.5) is 16.3 Å². The summed E-state index contributed by atoms with van der Waals surface area (Å²) in [4.78, 5) is 37.0. The van der Waals surface area contributed by atoms with Crippen LogP contribution in [0, 0.1) is 0 Å². The van der Waals surface area contributed by atoms with Crippen molar-refractivity contribution in [3.8, 4) is 0 Å². The molecule has 3 aromatic rings. The molecule has 1 fully saturated rings. The second-order valence-corrected chi connectivity index (χ2v) is 9.10. The van der Waals surface area contributed by atoms with E-state index < -0.39 is 5.60 Å². The predicted molar refractivity (Wildman–Crippen MR) is 128 cm³/mol. The summed E-state index contributed by atoms with van der Waals surface area (Å²) in [5, 5.41) is 6.91. The van der Waals surface area contributed by atoms with Gasteiger partial charge < -0.3 is 19.9 Å². The average Bonchev–Trinajstić information content (AvgIpc) is 3.32. The van der Waals surface area contributed by atoms with Crippen LogP contribution in [-0.2, 0) is 11.3 Å². The maximum atomic E-state index is 12.6. The molecule has 0 saturated carbocycles. The molecule has 0 spiro atoms. The van der Waals surface area contributed by atoms with E-state index >= 15 is 0 Å². The molecule has 0 aliphatic carbocycles. The summed E-state index contributed by atoms with van der Waals surface area (Å²) in [7, 11) is 0. The number of anilines is 2. The van der Waals surface area contributed by atoms with E-state index in [1.165, 1.54) is 6.33 Å². The molecule has 0 unspecified atom stereocenters. The largest absolute Gasteiger partial charge is 0.444 e. The molecule has 3 heterocycles. The molecule has 10 nitrogen and oxygen atoms in total. The van der Waals surface area contributed by atoms with Gasteiger partial charge in [-0.1, -0.05) is 12.1 Å². The molecular weight excluding hydrogens is 434 g/mol. The van der Waals surface area contributed by atoms with Crippen molar-refractivity contribution < 1.29 is 14.3 Å². The van der Waals surface area contributed by atoms with Crippen LogP contribution < -0.4 is 10.2 Å². The first-order chi connectivity index (χ1) is 16.3. The molecule has 1 aliphatic rings. The number of nitrogens with zero attached hydrogens (tertiary/aromatic N) is 6. The van der Waals surface area contributed by atoms with Gasteiger partial charge in [-0.15, -0.1) is 0 Å². The summed E-state index contributed by atoms with van der Waals surface area (Å²) in [6, 6.07) is 11.0. The highest BCUT2D eigenvalue weighted by atomic mass is 16.6. The van der Waals surface area contributed by atoms with Crippen LogP contribution in [0.1, 0.15) is 36.7 Å². The zero-order valence-corrected chi connectivity index (χ0v) is 19.6. The molecule has 0 bridgehead atoms. The highest BCUT2D eigenvalue weighted by Crippen LogP contribution is 2.19. The number of carbonyl (C=O) groups is 2. The third-order valence-electron chi connectivity index (χ3n) is 5.31. The van der Waals surface area contributed by atoms with E-state index in [2.05, 4.69) is 25.3 Å². The summed E-state index contributed by atoms with van der Waals surface area (Å²) in [5.41, 5.74) is 2.01. The summed E-state index contributed by atoms with van der Waals surface area (Å²) in [6.07, 6.45) is 4.59. The molecule has 10 heteroatoms. The minimum atomic E-state index is -0.502. The van der Waals surface area contributed by atoms with Crippen LogP contribution >= 0.6 is 0 Å². The third kappa shape index (κ3) is 6.09. The Morgan fingerprint density at radius 3 is 2.35 bits per heavy atom. The maximum Gasteiger partial charge on any atom is 0.410 e. The van der Waals surface area contributed by atoms with E-state index in [4.69, 9.17) is 4.74 Å². The van der Waals surface area contributed by atoms with E-state index in [0.717, 1.165) is 11.3 Å². The van der Waals surface area contributed by atoms with Crippen LogP contribution in [0.5, 0.6) is 0 Å². The standard InChI is InChI=1S/C24H29N7O3/c1-24(2,3)34-23(33)30-12-10-29(11-13-30)20-8-9-21(26-14-20)28-22(32)19-6-4-18(5-7-19)15-31-17-25-16-27-31/h4-9,14,16-17H,10-13,15H2,1-3H3,(H,26,28,32). The van der Waals surface area contributed by atoms with Crippen molar-refractivity contribution in [2.75, 3.05) is 36.4 Å². The number of ether oxygens (including phenoxy) is 1.